The number of carbonyl (C=O) groups is 1. The van der Waals surface area contributed by atoms with Crippen LogP contribution in [0.4, 0.5) is 0 Å². The Kier molecular flexibility index (Phi) is 8.06. The van der Waals surface area contributed by atoms with Gasteiger partial charge in [0, 0.05) is 3.57 Å². The number of thiazole rings is 1. The number of rotatable bonds is 7. The molecule has 0 aliphatic carbocycles. The van der Waals surface area contributed by atoms with Gasteiger partial charge in [-0.25, -0.2) is 9.79 Å². The summed E-state index contributed by atoms with van der Waals surface area (Å²) in [5.74, 6) is -0.0276. The molecule has 0 saturated heterocycles. The largest absolute Gasteiger partial charge is 0.463 e. The number of fused-ring (bicyclic) bond motifs is 1. The summed E-state index contributed by atoms with van der Waals surface area (Å²) in [4.78, 5) is 32.4. The van der Waals surface area contributed by atoms with Crippen LogP contribution < -0.4 is 14.9 Å². The number of nitrogens with zero attached hydrogens (tertiary/aromatic N) is 2. The van der Waals surface area contributed by atoms with Crippen molar-refractivity contribution in [3.8, 4) is 0 Å². The Morgan fingerprint density at radius 1 is 1.14 bits per heavy atom. The van der Waals surface area contributed by atoms with Gasteiger partial charge in [-0.15, -0.1) is 0 Å². The van der Waals surface area contributed by atoms with Crippen LogP contribution in [0, 0.1) is 3.57 Å². The molecule has 1 aliphatic rings. The highest BCUT2D eigenvalue weighted by Gasteiger charge is 2.34. The maximum Gasteiger partial charge on any atom is 0.338 e. The Hall–Kier alpha value is -2.52. The Morgan fingerprint density at radius 2 is 1.83 bits per heavy atom. The van der Waals surface area contributed by atoms with E-state index in [4.69, 9.17) is 9.73 Å². The molecule has 0 amide bonds. The first-order valence-electron chi connectivity index (χ1n) is 11.9. The number of allylic oxidation sites excluding steroid dienone is 1. The van der Waals surface area contributed by atoms with Crippen molar-refractivity contribution in [1.82, 2.24) is 4.57 Å². The first-order valence-corrected chi connectivity index (χ1v) is 13.8. The molecular weight excluding hydrogens is 571 g/mol. The molecule has 0 fully saturated rings. The smallest absolute Gasteiger partial charge is 0.338 e. The van der Waals surface area contributed by atoms with Crippen molar-refractivity contribution < 1.29 is 9.53 Å². The van der Waals surface area contributed by atoms with Gasteiger partial charge in [-0.05, 0) is 76.8 Å². The number of ether oxygens (including phenoxy) is 1. The van der Waals surface area contributed by atoms with Gasteiger partial charge in [0.25, 0.3) is 5.56 Å². The summed E-state index contributed by atoms with van der Waals surface area (Å²) in [5, 5.41) is 0. The molecule has 7 heteroatoms. The van der Waals surface area contributed by atoms with Crippen molar-refractivity contribution >= 4 is 46.0 Å². The molecule has 0 unspecified atom stereocenters. The summed E-state index contributed by atoms with van der Waals surface area (Å²) in [6, 6.07) is 15.6. The van der Waals surface area contributed by atoms with Gasteiger partial charge < -0.3 is 4.74 Å². The van der Waals surface area contributed by atoms with Crippen LogP contribution in [0.5, 0.6) is 0 Å². The fraction of sp³-hybridized carbons (Fsp3) is 0.321. The van der Waals surface area contributed by atoms with E-state index in [1.807, 2.05) is 42.5 Å². The molecule has 2 aromatic carbocycles. The van der Waals surface area contributed by atoms with Crippen LogP contribution >= 0.6 is 33.9 Å². The SMILES string of the molecule is CCCC1=C(C(=O)OCC)[C@H](c2ccc(C(C)C)cc2)n2c(s/c(=C\c3ccc(I)cc3)c2=O)=N1. The Balaban J connectivity index is 1.97. The van der Waals surface area contributed by atoms with Crippen LogP contribution in [0.25, 0.3) is 6.08 Å². The molecule has 3 aromatic rings. The van der Waals surface area contributed by atoms with E-state index >= 15 is 0 Å². The third-order valence-electron chi connectivity index (χ3n) is 5.98. The van der Waals surface area contributed by atoms with E-state index in [0.717, 1.165) is 21.1 Å². The van der Waals surface area contributed by atoms with E-state index in [9.17, 15) is 9.59 Å². The average molecular weight is 601 g/mol. The lowest BCUT2D eigenvalue weighted by Crippen LogP contribution is -2.40. The van der Waals surface area contributed by atoms with Crippen LogP contribution in [0.1, 0.15) is 69.2 Å². The lowest BCUT2D eigenvalue weighted by Gasteiger charge is -2.26. The third-order valence-corrected chi connectivity index (χ3v) is 7.68. The van der Waals surface area contributed by atoms with E-state index in [-0.39, 0.29) is 12.2 Å². The lowest BCUT2D eigenvalue weighted by atomic mass is 9.92. The average Bonchev–Trinajstić information content (AvgIpc) is 3.14. The molecule has 1 aliphatic heterocycles. The second kappa shape index (κ2) is 11.0. The molecule has 0 spiro atoms. The molecule has 0 radical (unpaired) electrons. The normalized spacial score (nSPS) is 15.8. The van der Waals surface area contributed by atoms with Gasteiger partial charge in [-0.3, -0.25) is 9.36 Å². The summed E-state index contributed by atoms with van der Waals surface area (Å²) < 4.78 is 8.85. The summed E-state index contributed by atoms with van der Waals surface area (Å²) >= 11 is 3.63. The molecule has 1 aromatic heterocycles. The Bertz CT molecular complexity index is 1430. The number of benzene rings is 2. The van der Waals surface area contributed by atoms with Gasteiger partial charge in [-0.1, -0.05) is 74.9 Å². The summed E-state index contributed by atoms with van der Waals surface area (Å²) in [7, 11) is 0. The number of esters is 1. The minimum Gasteiger partial charge on any atom is -0.463 e. The van der Waals surface area contributed by atoms with E-state index in [0.29, 0.717) is 32.9 Å². The molecule has 2 heterocycles. The first kappa shape index (κ1) is 25.6. The summed E-state index contributed by atoms with van der Waals surface area (Å²) in [6.07, 6.45) is 3.36. The third kappa shape index (κ3) is 5.35. The molecule has 0 N–H and O–H groups in total. The van der Waals surface area contributed by atoms with Crippen molar-refractivity contribution in [3.63, 3.8) is 0 Å². The highest BCUT2D eigenvalue weighted by atomic mass is 127. The molecule has 1 atom stereocenters. The zero-order valence-electron chi connectivity index (χ0n) is 20.4. The van der Waals surface area contributed by atoms with E-state index in [2.05, 4.69) is 55.5 Å². The van der Waals surface area contributed by atoms with Gasteiger partial charge in [-0.2, -0.15) is 0 Å². The fourth-order valence-corrected chi connectivity index (χ4v) is 5.59. The molecule has 0 bridgehead atoms. The van der Waals surface area contributed by atoms with Crippen LogP contribution in [-0.4, -0.2) is 17.1 Å². The molecule has 35 heavy (non-hydrogen) atoms. The maximum absolute atomic E-state index is 13.7. The van der Waals surface area contributed by atoms with Gasteiger partial charge in [0.05, 0.1) is 28.5 Å². The van der Waals surface area contributed by atoms with Crippen LogP contribution in [0.15, 0.2) is 69.6 Å². The molecule has 182 valence electrons. The van der Waals surface area contributed by atoms with Crippen LogP contribution in [0.2, 0.25) is 0 Å². The van der Waals surface area contributed by atoms with Gasteiger partial charge >= 0.3 is 5.97 Å². The lowest BCUT2D eigenvalue weighted by molar-refractivity contribution is -0.139. The molecule has 4 rings (SSSR count). The zero-order chi connectivity index (χ0) is 25.1. The van der Waals surface area contributed by atoms with Crippen molar-refractivity contribution in [3.05, 3.63) is 99.7 Å². The monoisotopic (exact) mass is 600 g/mol. The van der Waals surface area contributed by atoms with Gasteiger partial charge in [0.2, 0.25) is 0 Å². The fourth-order valence-electron chi connectivity index (χ4n) is 4.21. The predicted octanol–water partition coefficient (Wildman–Crippen LogP) is 5.31. The number of halogens is 1. The first-order chi connectivity index (χ1) is 16.8. The molecule has 0 saturated carbocycles. The van der Waals surface area contributed by atoms with Gasteiger partial charge in [0.1, 0.15) is 0 Å². The zero-order valence-corrected chi connectivity index (χ0v) is 23.4. The van der Waals surface area contributed by atoms with E-state index in [1.54, 1.807) is 11.5 Å². The highest BCUT2D eigenvalue weighted by Crippen LogP contribution is 2.33. The summed E-state index contributed by atoms with van der Waals surface area (Å²) in [5.41, 5.74) is 4.04. The minimum absolute atomic E-state index is 0.150. The van der Waals surface area contributed by atoms with Crippen molar-refractivity contribution in [1.29, 1.82) is 0 Å². The quantitative estimate of drug-likeness (QED) is 0.273. The van der Waals surface area contributed by atoms with Crippen LogP contribution in [0.3, 0.4) is 0 Å². The second-order valence-electron chi connectivity index (χ2n) is 8.79. The summed E-state index contributed by atoms with van der Waals surface area (Å²) in [6.45, 7) is 8.40. The maximum atomic E-state index is 13.7. The second-order valence-corrected chi connectivity index (χ2v) is 11.0. The topological polar surface area (TPSA) is 60.7 Å². The Labute approximate surface area is 223 Å². The van der Waals surface area contributed by atoms with Crippen molar-refractivity contribution in [2.75, 3.05) is 6.61 Å². The number of hydrogen-bond donors (Lipinski definition) is 0. The minimum atomic E-state index is -0.577. The van der Waals surface area contributed by atoms with Gasteiger partial charge in [0.15, 0.2) is 4.80 Å². The number of aromatic nitrogens is 1. The number of hydrogen-bond acceptors (Lipinski definition) is 5. The Morgan fingerprint density at radius 3 is 2.43 bits per heavy atom. The predicted molar refractivity (Wildman–Crippen MR) is 149 cm³/mol. The van der Waals surface area contributed by atoms with Crippen LogP contribution in [-0.2, 0) is 9.53 Å². The molecular formula is C28H29IN2O3S. The number of carbonyl (C=O) groups excluding carboxylic acids is 1. The van der Waals surface area contributed by atoms with Crippen molar-refractivity contribution in [2.45, 2.75) is 52.5 Å². The van der Waals surface area contributed by atoms with E-state index in [1.165, 1.54) is 16.9 Å². The standard InChI is InChI=1S/C28H29IN2O3S/c1-5-7-22-24(27(33)34-6-2)25(20-12-10-19(11-13-20)17(3)4)31-26(32)23(35-28(31)30-22)16-18-8-14-21(29)15-9-18/h8-17,25H,5-7H2,1-4H3/b23-16-/t25-/m0/s1. The van der Waals surface area contributed by atoms with E-state index < -0.39 is 12.0 Å². The van der Waals surface area contributed by atoms with Crippen molar-refractivity contribution in [2.24, 2.45) is 4.99 Å². The molecule has 5 nitrogen and oxygen atoms in total. The highest BCUT2D eigenvalue weighted by molar-refractivity contribution is 14.1.